The van der Waals surface area contributed by atoms with Gasteiger partial charge in [-0.05, 0) is 18.2 Å². The van der Waals surface area contributed by atoms with Gasteiger partial charge in [-0.1, -0.05) is 18.2 Å². The summed E-state index contributed by atoms with van der Waals surface area (Å²) < 4.78 is 43.4. The van der Waals surface area contributed by atoms with Crippen molar-refractivity contribution in [2.24, 2.45) is 0 Å². The number of benzene rings is 1. The molecular weight excluding hydrogens is 375 g/mol. The van der Waals surface area contributed by atoms with Crippen molar-refractivity contribution in [1.82, 2.24) is 9.88 Å². The summed E-state index contributed by atoms with van der Waals surface area (Å²) in [5.74, 6) is -0.321. The molecule has 2 aliphatic rings. The lowest BCUT2D eigenvalue weighted by molar-refractivity contribution is -0.137. The Kier molecular flexibility index (Phi) is 4.24. The fourth-order valence-corrected chi connectivity index (χ4v) is 3.61. The number of alkyl halides is 3. The van der Waals surface area contributed by atoms with E-state index in [2.05, 4.69) is 10.3 Å². The van der Waals surface area contributed by atoms with Crippen LogP contribution in [0.25, 0.3) is 0 Å². The van der Waals surface area contributed by atoms with Crippen LogP contribution in [0.1, 0.15) is 34.3 Å². The maximum atomic E-state index is 12.6. The average Bonchev–Trinajstić information content (AvgIpc) is 2.94. The number of fused-ring (bicyclic) bond motifs is 2. The molecule has 9 heteroatoms. The molecule has 2 aliphatic heterocycles. The molecule has 4 rings (SSSR count). The minimum atomic E-state index is -4.48. The van der Waals surface area contributed by atoms with Crippen molar-refractivity contribution in [3.05, 3.63) is 59.3 Å². The number of nitrogens with zero attached hydrogens (tertiary/aromatic N) is 2. The van der Waals surface area contributed by atoms with Crippen LogP contribution in [-0.4, -0.2) is 35.0 Å². The molecule has 1 fully saturated rings. The molecule has 6 nitrogen and oxygen atoms in total. The molecule has 3 heterocycles. The Balaban J connectivity index is 1.41. The Morgan fingerprint density at radius 2 is 1.86 bits per heavy atom. The first-order valence-electron chi connectivity index (χ1n) is 8.71. The molecule has 1 saturated heterocycles. The summed E-state index contributed by atoms with van der Waals surface area (Å²) in [6.45, 7) is 0.683. The molecule has 1 N–H and O–H groups in total. The first kappa shape index (κ1) is 18.3. The van der Waals surface area contributed by atoms with Gasteiger partial charge in [-0.15, -0.1) is 0 Å². The van der Waals surface area contributed by atoms with Crippen LogP contribution < -0.4 is 5.32 Å². The summed E-state index contributed by atoms with van der Waals surface area (Å²) in [6.07, 6.45) is -2.91. The van der Waals surface area contributed by atoms with E-state index in [4.69, 9.17) is 4.74 Å². The SMILES string of the molecule is O=C1OC2(CCN(C(=O)Nc3ccc(C(F)(F)F)cn3)CC2)c2ccccc21. The fraction of sp³-hybridized carbons (Fsp3) is 0.316. The molecular formula is C19H16F3N3O3. The number of nitrogens with one attached hydrogen (secondary N) is 1. The number of halogens is 3. The topological polar surface area (TPSA) is 71.5 Å². The van der Waals surface area contributed by atoms with Gasteiger partial charge in [0, 0.05) is 37.7 Å². The summed E-state index contributed by atoms with van der Waals surface area (Å²) in [4.78, 5) is 29.7. The first-order chi connectivity index (χ1) is 13.3. The first-order valence-corrected chi connectivity index (χ1v) is 8.71. The number of pyridine rings is 1. The van der Waals surface area contributed by atoms with Gasteiger partial charge in [0.2, 0.25) is 0 Å². The third-order valence-electron chi connectivity index (χ3n) is 5.11. The van der Waals surface area contributed by atoms with Crippen LogP contribution in [0.5, 0.6) is 0 Å². The third kappa shape index (κ3) is 3.17. The Morgan fingerprint density at radius 3 is 2.50 bits per heavy atom. The zero-order valence-electron chi connectivity index (χ0n) is 14.6. The zero-order chi connectivity index (χ0) is 19.9. The lowest BCUT2D eigenvalue weighted by atomic mass is 9.84. The highest BCUT2D eigenvalue weighted by atomic mass is 19.4. The Labute approximate surface area is 158 Å². The van der Waals surface area contributed by atoms with E-state index in [1.54, 1.807) is 12.1 Å². The minimum Gasteiger partial charge on any atom is -0.450 e. The number of rotatable bonds is 1. The van der Waals surface area contributed by atoms with Crippen molar-refractivity contribution < 1.29 is 27.5 Å². The van der Waals surface area contributed by atoms with Crippen molar-refractivity contribution in [3.8, 4) is 0 Å². The van der Waals surface area contributed by atoms with E-state index < -0.39 is 23.4 Å². The van der Waals surface area contributed by atoms with Gasteiger partial charge in [0.1, 0.15) is 11.4 Å². The molecule has 1 aromatic carbocycles. The summed E-state index contributed by atoms with van der Waals surface area (Å²) in [6, 6.07) is 8.73. The van der Waals surface area contributed by atoms with E-state index >= 15 is 0 Å². The van der Waals surface area contributed by atoms with E-state index in [1.807, 2.05) is 12.1 Å². The molecule has 0 radical (unpaired) electrons. The number of esters is 1. The fourth-order valence-electron chi connectivity index (χ4n) is 3.61. The van der Waals surface area contributed by atoms with Crippen molar-refractivity contribution >= 4 is 17.8 Å². The number of carbonyl (C=O) groups is 2. The monoisotopic (exact) mass is 391 g/mol. The highest BCUT2D eigenvalue weighted by Crippen LogP contribution is 2.44. The maximum absolute atomic E-state index is 12.6. The van der Waals surface area contributed by atoms with E-state index in [0.29, 0.717) is 37.7 Å². The smallest absolute Gasteiger partial charge is 0.417 e. The van der Waals surface area contributed by atoms with E-state index in [9.17, 15) is 22.8 Å². The van der Waals surface area contributed by atoms with Crippen LogP contribution in [-0.2, 0) is 16.5 Å². The predicted molar refractivity (Wildman–Crippen MR) is 92.6 cm³/mol. The van der Waals surface area contributed by atoms with Crippen LogP contribution in [0.4, 0.5) is 23.8 Å². The van der Waals surface area contributed by atoms with Crippen LogP contribution in [0.3, 0.4) is 0 Å². The van der Waals surface area contributed by atoms with Crippen molar-refractivity contribution in [3.63, 3.8) is 0 Å². The summed E-state index contributed by atoms with van der Waals surface area (Å²) >= 11 is 0. The van der Waals surface area contributed by atoms with Crippen molar-refractivity contribution in [2.75, 3.05) is 18.4 Å². The summed E-state index contributed by atoms with van der Waals surface area (Å²) in [7, 11) is 0. The second-order valence-corrected chi connectivity index (χ2v) is 6.78. The number of amides is 2. The van der Waals surface area contributed by atoms with E-state index in [-0.39, 0.29) is 11.8 Å². The van der Waals surface area contributed by atoms with Gasteiger partial charge in [0.25, 0.3) is 0 Å². The Bertz CT molecular complexity index is 920. The van der Waals surface area contributed by atoms with Gasteiger partial charge in [0.15, 0.2) is 0 Å². The summed E-state index contributed by atoms with van der Waals surface area (Å²) in [5.41, 5.74) is -0.220. The lowest BCUT2D eigenvalue weighted by Crippen LogP contribution is -2.46. The van der Waals surface area contributed by atoms with Crippen molar-refractivity contribution in [1.29, 1.82) is 0 Å². The number of ether oxygens (including phenoxy) is 1. The average molecular weight is 391 g/mol. The van der Waals surface area contributed by atoms with E-state index in [0.717, 1.165) is 17.7 Å². The molecule has 2 amide bonds. The van der Waals surface area contributed by atoms with Gasteiger partial charge in [0.05, 0.1) is 11.1 Å². The number of piperidine rings is 1. The minimum absolute atomic E-state index is 0.0379. The van der Waals surface area contributed by atoms with Crippen LogP contribution in [0, 0.1) is 0 Å². The van der Waals surface area contributed by atoms with Gasteiger partial charge in [-0.2, -0.15) is 13.2 Å². The normalized spacial score (nSPS) is 18.0. The molecule has 0 bridgehead atoms. The maximum Gasteiger partial charge on any atom is 0.417 e. The molecule has 1 spiro atoms. The molecule has 0 unspecified atom stereocenters. The largest absolute Gasteiger partial charge is 0.450 e. The molecule has 1 aromatic heterocycles. The lowest BCUT2D eigenvalue weighted by Gasteiger charge is -2.38. The van der Waals surface area contributed by atoms with Crippen molar-refractivity contribution in [2.45, 2.75) is 24.6 Å². The number of aromatic nitrogens is 1. The number of anilines is 1. The highest BCUT2D eigenvalue weighted by Gasteiger charge is 2.47. The second kappa shape index (κ2) is 6.50. The second-order valence-electron chi connectivity index (χ2n) is 6.78. The molecule has 0 aliphatic carbocycles. The van der Waals surface area contributed by atoms with Gasteiger partial charge < -0.3 is 9.64 Å². The van der Waals surface area contributed by atoms with Gasteiger partial charge in [-0.25, -0.2) is 14.6 Å². The number of carbonyl (C=O) groups excluding carboxylic acids is 2. The Hall–Kier alpha value is -3.10. The van der Waals surface area contributed by atoms with Crippen LogP contribution >= 0.6 is 0 Å². The predicted octanol–water partition coefficient (Wildman–Crippen LogP) is 3.79. The van der Waals surface area contributed by atoms with Gasteiger partial charge >= 0.3 is 18.2 Å². The molecule has 2 aromatic rings. The quantitative estimate of drug-likeness (QED) is 0.751. The third-order valence-corrected chi connectivity index (χ3v) is 5.11. The molecule has 0 atom stereocenters. The summed E-state index contributed by atoms with van der Waals surface area (Å²) in [5, 5.41) is 2.50. The number of urea groups is 1. The standard InChI is InChI=1S/C19H16F3N3O3/c20-19(21,22)12-5-6-15(23-11-12)24-17(27)25-9-7-18(8-10-25)14-4-2-1-3-13(14)16(26)28-18/h1-6,11H,7-10H2,(H,23,24,27). The molecule has 0 saturated carbocycles. The molecule has 146 valence electrons. The Morgan fingerprint density at radius 1 is 1.14 bits per heavy atom. The van der Waals surface area contributed by atoms with Crippen LogP contribution in [0.15, 0.2) is 42.6 Å². The number of likely N-dealkylation sites (tertiary alicyclic amines) is 1. The number of hydrogen-bond acceptors (Lipinski definition) is 4. The zero-order valence-corrected chi connectivity index (χ0v) is 14.6. The number of hydrogen-bond donors (Lipinski definition) is 1. The van der Waals surface area contributed by atoms with Crippen LogP contribution in [0.2, 0.25) is 0 Å². The highest BCUT2D eigenvalue weighted by molar-refractivity contribution is 5.95. The van der Waals surface area contributed by atoms with Gasteiger partial charge in [-0.3, -0.25) is 5.32 Å². The molecule has 28 heavy (non-hydrogen) atoms. The van der Waals surface area contributed by atoms with E-state index in [1.165, 1.54) is 4.90 Å².